The maximum atomic E-state index is 12.0. The molecular weight excluding hydrogens is 222 g/mol. The summed E-state index contributed by atoms with van der Waals surface area (Å²) in [5.74, 6) is 0.469. The summed E-state index contributed by atoms with van der Waals surface area (Å²) >= 11 is 0. The molecule has 0 saturated carbocycles. The van der Waals surface area contributed by atoms with Crippen molar-refractivity contribution in [3.8, 4) is 0 Å². The lowest BCUT2D eigenvalue weighted by Crippen LogP contribution is -2.50. The second-order valence-corrected chi connectivity index (χ2v) is 5.50. The van der Waals surface area contributed by atoms with Gasteiger partial charge >= 0.3 is 0 Å². The fraction of sp³-hybridized carbons (Fsp3) is 0.938. The molecule has 0 aliphatic rings. The second kappa shape index (κ2) is 10.5. The fourth-order valence-electron chi connectivity index (χ4n) is 2.56. The van der Waals surface area contributed by atoms with Gasteiger partial charge in [-0.15, -0.1) is 0 Å². The SMILES string of the molecule is CCCCCCCCC(=O)C[N+](CC)(CC)CC. The summed E-state index contributed by atoms with van der Waals surface area (Å²) in [6, 6.07) is 0. The third kappa shape index (κ3) is 7.15. The maximum absolute atomic E-state index is 12.0. The Morgan fingerprint density at radius 2 is 1.28 bits per heavy atom. The second-order valence-electron chi connectivity index (χ2n) is 5.50. The van der Waals surface area contributed by atoms with Gasteiger partial charge in [-0.25, -0.2) is 0 Å². The van der Waals surface area contributed by atoms with Crippen LogP contribution in [0.1, 0.15) is 72.6 Å². The molecule has 0 spiro atoms. The number of nitrogens with zero attached hydrogens (tertiary/aromatic N) is 1. The van der Waals surface area contributed by atoms with Crippen molar-refractivity contribution >= 4 is 5.78 Å². The van der Waals surface area contributed by atoms with E-state index in [1.165, 1.54) is 32.1 Å². The summed E-state index contributed by atoms with van der Waals surface area (Å²) in [5, 5.41) is 0. The van der Waals surface area contributed by atoms with Crippen LogP contribution in [0.15, 0.2) is 0 Å². The van der Waals surface area contributed by atoms with Crippen LogP contribution < -0.4 is 0 Å². The van der Waals surface area contributed by atoms with E-state index in [4.69, 9.17) is 0 Å². The number of hydrogen-bond acceptors (Lipinski definition) is 1. The van der Waals surface area contributed by atoms with Crippen LogP contribution >= 0.6 is 0 Å². The minimum atomic E-state index is 0.469. The number of quaternary nitrogens is 1. The van der Waals surface area contributed by atoms with Crippen LogP contribution in [0.4, 0.5) is 0 Å². The van der Waals surface area contributed by atoms with E-state index in [0.29, 0.717) is 5.78 Å². The van der Waals surface area contributed by atoms with E-state index < -0.39 is 0 Å². The smallest absolute Gasteiger partial charge is 0.186 e. The number of unbranched alkanes of at least 4 members (excludes halogenated alkanes) is 5. The van der Waals surface area contributed by atoms with Gasteiger partial charge in [-0.2, -0.15) is 0 Å². The van der Waals surface area contributed by atoms with E-state index in [9.17, 15) is 4.79 Å². The number of likely N-dealkylation sites (N-methyl/N-ethyl adjacent to an activating group) is 1. The van der Waals surface area contributed by atoms with Crippen molar-refractivity contribution in [3.63, 3.8) is 0 Å². The number of carbonyl (C=O) groups is 1. The zero-order valence-corrected chi connectivity index (χ0v) is 13.1. The number of rotatable bonds is 12. The quantitative estimate of drug-likeness (QED) is 0.378. The molecular formula is C16H34NO+. The van der Waals surface area contributed by atoms with Crippen LogP contribution in [-0.2, 0) is 4.79 Å². The molecule has 0 aromatic rings. The van der Waals surface area contributed by atoms with Crippen molar-refractivity contribution in [1.29, 1.82) is 0 Å². The van der Waals surface area contributed by atoms with E-state index in [1.54, 1.807) is 0 Å². The van der Waals surface area contributed by atoms with Crippen molar-refractivity contribution < 1.29 is 9.28 Å². The van der Waals surface area contributed by atoms with Crippen molar-refractivity contribution in [2.75, 3.05) is 26.2 Å². The topological polar surface area (TPSA) is 17.1 Å². The van der Waals surface area contributed by atoms with Crippen LogP contribution in [0.2, 0.25) is 0 Å². The van der Waals surface area contributed by atoms with E-state index in [0.717, 1.165) is 43.5 Å². The third-order valence-electron chi connectivity index (χ3n) is 4.33. The highest BCUT2D eigenvalue weighted by Crippen LogP contribution is 2.10. The van der Waals surface area contributed by atoms with Crippen molar-refractivity contribution in [2.45, 2.75) is 72.6 Å². The zero-order chi connectivity index (χ0) is 13.9. The van der Waals surface area contributed by atoms with E-state index in [-0.39, 0.29) is 0 Å². The molecule has 0 heterocycles. The van der Waals surface area contributed by atoms with Gasteiger partial charge in [-0.1, -0.05) is 39.0 Å². The first kappa shape index (κ1) is 17.6. The molecule has 0 bridgehead atoms. The Kier molecular flexibility index (Phi) is 10.3. The Balaban J connectivity index is 3.76. The number of carbonyl (C=O) groups excluding carboxylic acids is 1. The highest BCUT2D eigenvalue weighted by molar-refractivity contribution is 5.79. The molecule has 2 heteroatoms. The van der Waals surface area contributed by atoms with Gasteiger partial charge in [0.05, 0.1) is 19.6 Å². The Hall–Kier alpha value is -0.370. The van der Waals surface area contributed by atoms with Gasteiger partial charge in [0.1, 0.15) is 6.54 Å². The fourth-order valence-corrected chi connectivity index (χ4v) is 2.56. The average Bonchev–Trinajstić information content (AvgIpc) is 2.40. The molecule has 2 nitrogen and oxygen atoms in total. The molecule has 0 radical (unpaired) electrons. The van der Waals surface area contributed by atoms with Crippen LogP contribution in [0.3, 0.4) is 0 Å². The van der Waals surface area contributed by atoms with Crippen molar-refractivity contribution in [2.24, 2.45) is 0 Å². The van der Waals surface area contributed by atoms with Gasteiger partial charge in [0.2, 0.25) is 0 Å². The van der Waals surface area contributed by atoms with Gasteiger partial charge in [0.25, 0.3) is 0 Å². The largest absolute Gasteiger partial charge is 0.318 e. The van der Waals surface area contributed by atoms with E-state index >= 15 is 0 Å². The Morgan fingerprint density at radius 3 is 1.78 bits per heavy atom. The monoisotopic (exact) mass is 256 g/mol. The molecule has 0 amide bonds. The Labute approximate surface area is 114 Å². The first-order chi connectivity index (χ1) is 8.64. The molecule has 18 heavy (non-hydrogen) atoms. The summed E-state index contributed by atoms with van der Waals surface area (Å²) in [6.07, 6.45) is 8.40. The number of Topliss-reactive ketones (excluding diaryl/α,β-unsaturated/α-hetero) is 1. The summed E-state index contributed by atoms with van der Waals surface area (Å²) in [4.78, 5) is 12.0. The number of hydrogen-bond donors (Lipinski definition) is 0. The first-order valence-corrected chi connectivity index (χ1v) is 8.00. The molecule has 0 fully saturated rings. The van der Waals surface area contributed by atoms with Crippen molar-refractivity contribution in [3.05, 3.63) is 0 Å². The Morgan fingerprint density at radius 1 is 0.778 bits per heavy atom. The molecule has 0 aliphatic carbocycles. The van der Waals surface area contributed by atoms with Crippen LogP contribution in [-0.4, -0.2) is 36.4 Å². The molecule has 0 aliphatic heterocycles. The molecule has 0 aromatic carbocycles. The van der Waals surface area contributed by atoms with Crippen LogP contribution in [0.5, 0.6) is 0 Å². The standard InChI is InChI=1S/C16H34NO/c1-5-9-10-11-12-13-14-16(18)15-17(6-2,7-3)8-4/h5-15H2,1-4H3/q+1. The van der Waals surface area contributed by atoms with E-state index in [1.807, 2.05) is 0 Å². The summed E-state index contributed by atoms with van der Waals surface area (Å²) in [6.45, 7) is 12.8. The predicted molar refractivity (Wildman–Crippen MR) is 79.8 cm³/mol. The van der Waals surface area contributed by atoms with Gasteiger partial charge in [-0.05, 0) is 27.2 Å². The lowest BCUT2D eigenvalue weighted by molar-refractivity contribution is -0.915. The summed E-state index contributed by atoms with van der Waals surface area (Å²) < 4.78 is 0.967. The van der Waals surface area contributed by atoms with Gasteiger partial charge < -0.3 is 4.48 Å². The lowest BCUT2D eigenvalue weighted by atomic mass is 10.1. The number of ketones is 1. The average molecular weight is 256 g/mol. The van der Waals surface area contributed by atoms with Crippen LogP contribution in [0.25, 0.3) is 0 Å². The van der Waals surface area contributed by atoms with Gasteiger partial charge in [0, 0.05) is 6.42 Å². The molecule has 0 atom stereocenters. The van der Waals surface area contributed by atoms with Gasteiger partial charge in [-0.3, -0.25) is 4.79 Å². The van der Waals surface area contributed by atoms with Crippen molar-refractivity contribution in [1.82, 2.24) is 0 Å². The Bertz CT molecular complexity index is 201. The molecule has 0 saturated heterocycles. The van der Waals surface area contributed by atoms with Gasteiger partial charge in [0.15, 0.2) is 5.78 Å². The third-order valence-corrected chi connectivity index (χ3v) is 4.33. The zero-order valence-electron chi connectivity index (χ0n) is 13.1. The maximum Gasteiger partial charge on any atom is 0.186 e. The van der Waals surface area contributed by atoms with Crippen LogP contribution in [0, 0.1) is 0 Å². The lowest BCUT2D eigenvalue weighted by Gasteiger charge is -2.35. The summed E-state index contributed by atoms with van der Waals surface area (Å²) in [7, 11) is 0. The minimum absolute atomic E-state index is 0.469. The highest BCUT2D eigenvalue weighted by atomic mass is 16.1. The molecule has 0 unspecified atom stereocenters. The predicted octanol–water partition coefficient (Wildman–Crippen LogP) is 4.18. The minimum Gasteiger partial charge on any atom is -0.318 e. The molecule has 0 N–H and O–H groups in total. The highest BCUT2D eigenvalue weighted by Gasteiger charge is 2.23. The normalized spacial score (nSPS) is 11.8. The molecule has 0 aromatic heterocycles. The van der Waals surface area contributed by atoms with E-state index in [2.05, 4.69) is 27.7 Å². The summed E-state index contributed by atoms with van der Waals surface area (Å²) in [5.41, 5.74) is 0. The molecule has 0 rings (SSSR count). The first-order valence-electron chi connectivity index (χ1n) is 8.00. The molecule has 108 valence electrons.